The van der Waals surface area contributed by atoms with Crippen LogP contribution in [0.3, 0.4) is 0 Å². The van der Waals surface area contributed by atoms with Crippen molar-refractivity contribution in [2.45, 2.75) is 45.4 Å². The van der Waals surface area contributed by atoms with E-state index in [1.165, 1.54) is 4.90 Å². The molecule has 2 rings (SSSR count). The van der Waals surface area contributed by atoms with Gasteiger partial charge in [0.15, 0.2) is 6.29 Å². The van der Waals surface area contributed by atoms with Crippen molar-refractivity contribution < 1.29 is 19.1 Å². The number of carbonyl (C=O) groups is 2. The Balaban J connectivity index is 1.69. The molecule has 1 N–H and O–H groups in total. The van der Waals surface area contributed by atoms with Crippen LogP contribution in [-0.4, -0.2) is 79.9 Å². The van der Waals surface area contributed by atoms with Crippen LogP contribution in [0.25, 0.3) is 0 Å². The van der Waals surface area contributed by atoms with Gasteiger partial charge in [-0.1, -0.05) is 0 Å². The van der Waals surface area contributed by atoms with Crippen molar-refractivity contribution in [2.75, 3.05) is 46.4 Å². The van der Waals surface area contributed by atoms with Crippen molar-refractivity contribution >= 4 is 11.8 Å². The fraction of sp³-hybridized carbons (Fsp3) is 0.882. The van der Waals surface area contributed by atoms with Gasteiger partial charge in [0.1, 0.15) is 0 Å². The highest BCUT2D eigenvalue weighted by molar-refractivity contribution is 5.85. The highest BCUT2D eigenvalue weighted by Crippen LogP contribution is 2.25. The van der Waals surface area contributed by atoms with E-state index >= 15 is 0 Å². The van der Waals surface area contributed by atoms with Crippen LogP contribution in [0, 0.1) is 5.92 Å². The van der Waals surface area contributed by atoms with Crippen LogP contribution in [0.15, 0.2) is 0 Å². The highest BCUT2D eigenvalue weighted by Gasteiger charge is 2.31. The van der Waals surface area contributed by atoms with E-state index in [2.05, 4.69) is 10.2 Å². The molecule has 0 spiro atoms. The maximum absolute atomic E-state index is 12.3. The first-order valence-corrected chi connectivity index (χ1v) is 8.75. The number of amides is 2. The van der Waals surface area contributed by atoms with Gasteiger partial charge in [0.2, 0.25) is 11.8 Å². The molecule has 0 aliphatic carbocycles. The standard InChI is InChI=1S/C17H31N3O4/c1-17(2,3)18-14(21)11-19(4)15(22)12-20-7-5-13(6-8-20)16-23-9-10-24-16/h13,16H,5-12H2,1-4H3,(H,18,21). The Morgan fingerprint density at radius 1 is 1.17 bits per heavy atom. The summed E-state index contributed by atoms with van der Waals surface area (Å²) in [5.41, 5.74) is -0.284. The van der Waals surface area contributed by atoms with Gasteiger partial charge in [-0.05, 0) is 46.7 Å². The maximum atomic E-state index is 12.3. The number of nitrogens with one attached hydrogen (secondary N) is 1. The number of likely N-dealkylation sites (N-methyl/N-ethyl adjacent to an activating group) is 1. The number of carbonyl (C=O) groups excluding carboxylic acids is 2. The average Bonchev–Trinajstić information content (AvgIpc) is 3.00. The van der Waals surface area contributed by atoms with Gasteiger partial charge < -0.3 is 19.7 Å². The van der Waals surface area contributed by atoms with Gasteiger partial charge in [-0.3, -0.25) is 14.5 Å². The van der Waals surface area contributed by atoms with Crippen LogP contribution in [0.1, 0.15) is 33.6 Å². The summed E-state index contributed by atoms with van der Waals surface area (Å²) in [4.78, 5) is 27.9. The van der Waals surface area contributed by atoms with Gasteiger partial charge in [-0.25, -0.2) is 0 Å². The van der Waals surface area contributed by atoms with Crippen LogP contribution in [0.5, 0.6) is 0 Å². The van der Waals surface area contributed by atoms with Crippen molar-refractivity contribution in [3.63, 3.8) is 0 Å². The third-order valence-electron chi connectivity index (χ3n) is 4.34. The lowest BCUT2D eigenvalue weighted by Gasteiger charge is -2.34. The molecule has 0 bridgehead atoms. The second-order valence-corrected chi connectivity index (χ2v) is 7.77. The highest BCUT2D eigenvalue weighted by atomic mass is 16.7. The molecule has 2 amide bonds. The summed E-state index contributed by atoms with van der Waals surface area (Å²) in [7, 11) is 1.68. The van der Waals surface area contributed by atoms with Crippen molar-refractivity contribution in [1.82, 2.24) is 15.1 Å². The molecule has 2 saturated heterocycles. The average molecular weight is 341 g/mol. The van der Waals surface area contributed by atoms with Crippen LogP contribution in [0.4, 0.5) is 0 Å². The molecule has 7 heteroatoms. The summed E-state index contributed by atoms with van der Waals surface area (Å²) < 4.78 is 11.1. The van der Waals surface area contributed by atoms with Gasteiger partial charge in [-0.2, -0.15) is 0 Å². The Morgan fingerprint density at radius 3 is 2.29 bits per heavy atom. The molecule has 2 heterocycles. The first-order chi connectivity index (χ1) is 11.2. The molecule has 138 valence electrons. The monoisotopic (exact) mass is 341 g/mol. The maximum Gasteiger partial charge on any atom is 0.240 e. The van der Waals surface area contributed by atoms with E-state index in [4.69, 9.17) is 9.47 Å². The molecule has 0 aromatic heterocycles. The van der Waals surface area contributed by atoms with E-state index in [0.717, 1.165) is 25.9 Å². The smallest absolute Gasteiger partial charge is 0.240 e. The molecule has 0 radical (unpaired) electrons. The minimum absolute atomic E-state index is 0.0223. The largest absolute Gasteiger partial charge is 0.350 e. The number of likely N-dealkylation sites (tertiary alicyclic amines) is 1. The summed E-state index contributed by atoms with van der Waals surface area (Å²) in [6, 6.07) is 0. The molecule has 0 aromatic rings. The third-order valence-corrected chi connectivity index (χ3v) is 4.34. The number of nitrogens with zero attached hydrogens (tertiary/aromatic N) is 2. The van der Waals surface area contributed by atoms with Crippen molar-refractivity contribution in [2.24, 2.45) is 5.92 Å². The van der Waals surface area contributed by atoms with Crippen molar-refractivity contribution in [3.8, 4) is 0 Å². The van der Waals surface area contributed by atoms with E-state index in [0.29, 0.717) is 25.7 Å². The van der Waals surface area contributed by atoms with E-state index in [-0.39, 0.29) is 30.2 Å². The lowest BCUT2D eigenvalue weighted by Crippen LogP contribution is -2.49. The topological polar surface area (TPSA) is 71.1 Å². The molecule has 2 aliphatic heterocycles. The summed E-state index contributed by atoms with van der Waals surface area (Å²) in [5, 5.41) is 2.87. The minimum Gasteiger partial charge on any atom is -0.350 e. The predicted octanol–water partition coefficient (Wildman–Crippen LogP) is 0.444. The molecule has 0 aromatic carbocycles. The first-order valence-electron chi connectivity index (χ1n) is 8.75. The molecule has 0 unspecified atom stereocenters. The zero-order valence-corrected chi connectivity index (χ0v) is 15.3. The fourth-order valence-corrected chi connectivity index (χ4v) is 3.11. The molecular formula is C17H31N3O4. The van der Waals surface area contributed by atoms with Crippen LogP contribution < -0.4 is 5.32 Å². The third kappa shape index (κ3) is 6.03. The number of ether oxygens (including phenoxy) is 2. The second-order valence-electron chi connectivity index (χ2n) is 7.77. The normalized spacial score (nSPS) is 21.0. The molecule has 2 fully saturated rings. The number of hydrogen-bond donors (Lipinski definition) is 1. The molecule has 0 saturated carbocycles. The predicted molar refractivity (Wildman–Crippen MR) is 90.4 cm³/mol. The van der Waals surface area contributed by atoms with Crippen LogP contribution >= 0.6 is 0 Å². The second kappa shape index (κ2) is 8.27. The van der Waals surface area contributed by atoms with Crippen molar-refractivity contribution in [1.29, 1.82) is 0 Å². The lowest BCUT2D eigenvalue weighted by atomic mass is 9.96. The van der Waals surface area contributed by atoms with Gasteiger partial charge >= 0.3 is 0 Å². The number of piperidine rings is 1. The Morgan fingerprint density at radius 2 is 1.75 bits per heavy atom. The van der Waals surface area contributed by atoms with E-state index in [1.807, 2.05) is 20.8 Å². The van der Waals surface area contributed by atoms with E-state index in [9.17, 15) is 9.59 Å². The van der Waals surface area contributed by atoms with Crippen LogP contribution in [-0.2, 0) is 19.1 Å². The molecule has 24 heavy (non-hydrogen) atoms. The Bertz CT molecular complexity index is 436. The van der Waals surface area contributed by atoms with Crippen molar-refractivity contribution in [3.05, 3.63) is 0 Å². The van der Waals surface area contributed by atoms with Gasteiger partial charge in [-0.15, -0.1) is 0 Å². The molecular weight excluding hydrogens is 310 g/mol. The number of rotatable bonds is 5. The van der Waals surface area contributed by atoms with Gasteiger partial charge in [0.25, 0.3) is 0 Å². The van der Waals surface area contributed by atoms with Crippen LogP contribution in [0.2, 0.25) is 0 Å². The number of hydrogen-bond acceptors (Lipinski definition) is 5. The zero-order valence-electron chi connectivity index (χ0n) is 15.3. The summed E-state index contributed by atoms with van der Waals surface area (Å²) in [6.07, 6.45) is 1.89. The summed E-state index contributed by atoms with van der Waals surface area (Å²) in [5.74, 6) is 0.271. The molecule has 2 aliphatic rings. The minimum atomic E-state index is -0.284. The molecule has 0 atom stereocenters. The SMILES string of the molecule is CN(CC(=O)NC(C)(C)C)C(=O)CN1CCC(C2OCCO2)CC1. The Kier molecular flexibility index (Phi) is 6.60. The quantitative estimate of drug-likeness (QED) is 0.786. The summed E-state index contributed by atoms with van der Waals surface area (Å²) >= 11 is 0. The van der Waals surface area contributed by atoms with E-state index < -0.39 is 0 Å². The zero-order chi connectivity index (χ0) is 17.7. The lowest BCUT2D eigenvalue weighted by molar-refractivity contribution is -0.137. The summed E-state index contributed by atoms with van der Waals surface area (Å²) in [6.45, 7) is 9.32. The Hall–Kier alpha value is -1.18. The fourth-order valence-electron chi connectivity index (χ4n) is 3.11. The molecule has 7 nitrogen and oxygen atoms in total. The first kappa shape index (κ1) is 19.1. The Labute approximate surface area is 144 Å². The van der Waals surface area contributed by atoms with E-state index in [1.54, 1.807) is 7.05 Å². The van der Waals surface area contributed by atoms with Gasteiger partial charge in [0.05, 0.1) is 26.3 Å². The van der Waals surface area contributed by atoms with Gasteiger partial charge in [0, 0.05) is 18.5 Å².